The molecule has 1 heterocycles. The summed E-state index contributed by atoms with van der Waals surface area (Å²) in [6.45, 7) is 3.08. The Balaban J connectivity index is 1.66. The summed E-state index contributed by atoms with van der Waals surface area (Å²) >= 11 is 0. The topological polar surface area (TPSA) is 84.9 Å². The molecule has 1 aromatic rings. The molecule has 0 bridgehead atoms. The van der Waals surface area contributed by atoms with Crippen LogP contribution in [0.4, 0.5) is 0 Å². The number of fused-ring (bicyclic) bond motifs is 1. The minimum atomic E-state index is -0.802. The van der Waals surface area contributed by atoms with Gasteiger partial charge >= 0.3 is 5.97 Å². The summed E-state index contributed by atoms with van der Waals surface area (Å²) < 4.78 is 11.1. The molecular formula is C18H23NO5. The number of carbonyl (C=O) groups is 2. The van der Waals surface area contributed by atoms with Crippen molar-refractivity contribution in [1.82, 2.24) is 5.32 Å². The third-order valence-corrected chi connectivity index (χ3v) is 4.85. The predicted molar refractivity (Wildman–Crippen MR) is 87.1 cm³/mol. The van der Waals surface area contributed by atoms with Crippen LogP contribution in [0.3, 0.4) is 0 Å². The molecule has 1 unspecified atom stereocenters. The maximum Gasteiger partial charge on any atom is 0.306 e. The average Bonchev–Trinajstić information content (AvgIpc) is 3.09. The van der Waals surface area contributed by atoms with Crippen molar-refractivity contribution < 1.29 is 24.2 Å². The zero-order valence-corrected chi connectivity index (χ0v) is 13.8. The number of ether oxygens (including phenoxy) is 2. The molecule has 24 heavy (non-hydrogen) atoms. The number of hydrogen-bond acceptors (Lipinski definition) is 4. The molecule has 0 radical (unpaired) electrons. The quantitative estimate of drug-likeness (QED) is 0.865. The summed E-state index contributed by atoms with van der Waals surface area (Å²) in [5, 5.41) is 12.1. The SMILES string of the molecule is CCC(NC(=O)[C@@H]1CC[C@H](C(=O)O)C1)c1ccc2c(c1)OCCO2. The number of hydrogen-bond donors (Lipinski definition) is 2. The molecule has 3 atom stereocenters. The second kappa shape index (κ2) is 7.11. The lowest BCUT2D eigenvalue weighted by molar-refractivity contribution is -0.141. The lowest BCUT2D eigenvalue weighted by Gasteiger charge is -2.23. The van der Waals surface area contributed by atoms with Crippen LogP contribution in [0.1, 0.15) is 44.2 Å². The third-order valence-electron chi connectivity index (χ3n) is 4.85. The molecule has 6 heteroatoms. The lowest BCUT2D eigenvalue weighted by Crippen LogP contribution is -2.33. The Bertz CT molecular complexity index is 630. The highest BCUT2D eigenvalue weighted by atomic mass is 16.6. The molecule has 2 N–H and O–H groups in total. The number of carbonyl (C=O) groups excluding carboxylic acids is 1. The van der Waals surface area contributed by atoms with Gasteiger partial charge in [0.1, 0.15) is 13.2 Å². The number of benzene rings is 1. The molecule has 1 aliphatic heterocycles. The van der Waals surface area contributed by atoms with Crippen LogP contribution in [0.25, 0.3) is 0 Å². The molecule has 3 rings (SSSR count). The minimum absolute atomic E-state index is 0.0551. The van der Waals surface area contributed by atoms with Crippen molar-refractivity contribution in [1.29, 1.82) is 0 Å². The van der Waals surface area contributed by atoms with E-state index in [0.29, 0.717) is 38.2 Å². The summed E-state index contributed by atoms with van der Waals surface area (Å²) in [6.07, 6.45) is 2.40. The molecule has 1 fully saturated rings. The van der Waals surface area contributed by atoms with Crippen molar-refractivity contribution in [2.45, 2.75) is 38.6 Å². The van der Waals surface area contributed by atoms with Gasteiger partial charge in [-0.2, -0.15) is 0 Å². The first-order valence-corrected chi connectivity index (χ1v) is 8.51. The van der Waals surface area contributed by atoms with Crippen LogP contribution in [0.15, 0.2) is 18.2 Å². The number of amides is 1. The van der Waals surface area contributed by atoms with Gasteiger partial charge in [0, 0.05) is 5.92 Å². The summed E-state index contributed by atoms with van der Waals surface area (Å²) in [5.74, 6) is -0.0262. The second-order valence-electron chi connectivity index (χ2n) is 6.42. The summed E-state index contributed by atoms with van der Waals surface area (Å²) in [7, 11) is 0. The van der Waals surface area contributed by atoms with Gasteiger partial charge in [-0.05, 0) is 43.4 Å². The molecule has 1 amide bonds. The van der Waals surface area contributed by atoms with E-state index in [1.165, 1.54) is 0 Å². The van der Waals surface area contributed by atoms with Crippen LogP contribution in [-0.4, -0.2) is 30.2 Å². The predicted octanol–water partition coefficient (Wildman–Crippen LogP) is 2.53. The zero-order chi connectivity index (χ0) is 17.1. The fraction of sp³-hybridized carbons (Fsp3) is 0.556. The Morgan fingerprint density at radius 2 is 1.92 bits per heavy atom. The van der Waals surface area contributed by atoms with E-state index in [-0.39, 0.29) is 17.9 Å². The Morgan fingerprint density at radius 1 is 1.21 bits per heavy atom. The summed E-state index contributed by atoms with van der Waals surface area (Å²) in [4.78, 5) is 23.5. The van der Waals surface area contributed by atoms with E-state index in [0.717, 1.165) is 17.7 Å². The van der Waals surface area contributed by atoms with Crippen molar-refractivity contribution in [3.05, 3.63) is 23.8 Å². The van der Waals surface area contributed by atoms with Gasteiger partial charge in [-0.25, -0.2) is 0 Å². The Labute approximate surface area is 141 Å². The number of rotatable bonds is 5. The van der Waals surface area contributed by atoms with E-state index in [2.05, 4.69) is 5.32 Å². The van der Waals surface area contributed by atoms with Crippen LogP contribution in [0.5, 0.6) is 11.5 Å². The van der Waals surface area contributed by atoms with Crippen LogP contribution >= 0.6 is 0 Å². The highest BCUT2D eigenvalue weighted by molar-refractivity contribution is 5.81. The zero-order valence-electron chi connectivity index (χ0n) is 13.8. The third kappa shape index (κ3) is 3.47. The molecule has 2 aliphatic rings. The molecule has 0 spiro atoms. The standard InChI is InChI=1S/C18H23NO5/c1-2-14(11-5-6-15-16(10-11)24-8-7-23-15)19-17(20)12-3-4-13(9-12)18(21)22/h5-6,10,12-14H,2-4,7-9H2,1H3,(H,19,20)(H,21,22)/t12-,13+,14?/m1/s1. The highest BCUT2D eigenvalue weighted by Gasteiger charge is 2.34. The van der Waals surface area contributed by atoms with E-state index >= 15 is 0 Å². The number of aliphatic carboxylic acids is 1. The average molecular weight is 333 g/mol. The first-order chi connectivity index (χ1) is 11.6. The minimum Gasteiger partial charge on any atom is -0.486 e. The van der Waals surface area contributed by atoms with Gasteiger partial charge in [0.2, 0.25) is 5.91 Å². The molecule has 0 saturated heterocycles. The van der Waals surface area contributed by atoms with Crippen LogP contribution in [0, 0.1) is 11.8 Å². The number of carboxylic acids is 1. The van der Waals surface area contributed by atoms with Crippen LogP contribution in [-0.2, 0) is 9.59 Å². The molecule has 1 saturated carbocycles. The van der Waals surface area contributed by atoms with Gasteiger partial charge in [0.25, 0.3) is 0 Å². The van der Waals surface area contributed by atoms with Crippen molar-refractivity contribution in [2.24, 2.45) is 11.8 Å². The largest absolute Gasteiger partial charge is 0.486 e. The van der Waals surface area contributed by atoms with Crippen molar-refractivity contribution >= 4 is 11.9 Å². The fourth-order valence-corrected chi connectivity index (χ4v) is 3.43. The fourth-order valence-electron chi connectivity index (χ4n) is 3.43. The van der Waals surface area contributed by atoms with Crippen molar-refractivity contribution in [2.75, 3.05) is 13.2 Å². The molecule has 1 aromatic carbocycles. The summed E-state index contributed by atoms with van der Waals surface area (Å²) in [6, 6.07) is 5.61. The molecule has 0 aromatic heterocycles. The maximum atomic E-state index is 12.5. The number of carboxylic acid groups (broad SMARTS) is 1. The van der Waals surface area contributed by atoms with Crippen LogP contribution in [0.2, 0.25) is 0 Å². The number of nitrogens with one attached hydrogen (secondary N) is 1. The first-order valence-electron chi connectivity index (χ1n) is 8.51. The van der Waals surface area contributed by atoms with E-state index in [1.54, 1.807) is 0 Å². The summed E-state index contributed by atoms with van der Waals surface area (Å²) in [5.41, 5.74) is 0.975. The second-order valence-corrected chi connectivity index (χ2v) is 6.42. The molecular weight excluding hydrogens is 310 g/mol. The van der Waals surface area contributed by atoms with E-state index in [9.17, 15) is 9.59 Å². The molecule has 6 nitrogen and oxygen atoms in total. The Kier molecular flexibility index (Phi) is 4.92. The van der Waals surface area contributed by atoms with Gasteiger partial charge < -0.3 is 19.9 Å². The Hall–Kier alpha value is -2.24. The van der Waals surface area contributed by atoms with Crippen molar-refractivity contribution in [3.63, 3.8) is 0 Å². The smallest absolute Gasteiger partial charge is 0.306 e. The van der Waals surface area contributed by atoms with E-state index < -0.39 is 11.9 Å². The van der Waals surface area contributed by atoms with Crippen molar-refractivity contribution in [3.8, 4) is 11.5 Å². The van der Waals surface area contributed by atoms with Gasteiger partial charge in [-0.3, -0.25) is 9.59 Å². The highest BCUT2D eigenvalue weighted by Crippen LogP contribution is 2.35. The van der Waals surface area contributed by atoms with Gasteiger partial charge in [0.15, 0.2) is 11.5 Å². The molecule has 130 valence electrons. The monoisotopic (exact) mass is 333 g/mol. The van der Waals surface area contributed by atoms with E-state index in [4.69, 9.17) is 14.6 Å². The van der Waals surface area contributed by atoms with Gasteiger partial charge in [-0.1, -0.05) is 13.0 Å². The normalized spacial score (nSPS) is 23.5. The van der Waals surface area contributed by atoms with Gasteiger partial charge in [-0.15, -0.1) is 0 Å². The maximum absolute atomic E-state index is 12.5. The van der Waals surface area contributed by atoms with E-state index in [1.807, 2.05) is 25.1 Å². The Morgan fingerprint density at radius 3 is 2.58 bits per heavy atom. The van der Waals surface area contributed by atoms with Crippen LogP contribution < -0.4 is 14.8 Å². The molecule has 1 aliphatic carbocycles. The first kappa shape index (κ1) is 16.6. The van der Waals surface area contributed by atoms with Gasteiger partial charge in [0.05, 0.1) is 12.0 Å². The lowest BCUT2D eigenvalue weighted by atomic mass is 10.0.